The molecule has 0 spiro atoms. The molecule has 36 heavy (non-hydrogen) atoms. The maximum atomic E-state index is 13.3. The molecule has 0 bridgehead atoms. The lowest BCUT2D eigenvalue weighted by atomic mass is 10.0. The average molecular weight is 475 g/mol. The van der Waals surface area contributed by atoms with Crippen molar-refractivity contribution in [2.45, 2.75) is 13.1 Å². The van der Waals surface area contributed by atoms with Crippen molar-refractivity contribution in [2.75, 3.05) is 0 Å². The second kappa shape index (κ2) is 8.86. The van der Waals surface area contributed by atoms with E-state index in [9.17, 15) is 14.3 Å². The first-order chi connectivity index (χ1) is 17.5. The van der Waals surface area contributed by atoms with E-state index in [2.05, 4.69) is 63.9 Å². The van der Waals surface area contributed by atoms with Gasteiger partial charge in [-0.1, -0.05) is 48.5 Å². The van der Waals surface area contributed by atoms with E-state index in [0.717, 1.165) is 44.1 Å². The quantitative estimate of drug-likeness (QED) is 0.278. The topological polar surface area (TPSA) is 47.2 Å². The standard InChI is InChI=1S/C31H23FN2O2/c32-28-10-4-21(5-11-28)19-33-14-12-23-6-8-25(17-29(23)33)26-9-7-24-13-15-34(30(24)18-26)20-22-2-1-3-27(16-22)31(35)36/h1-18H,19-20H2,(H,35,36). The molecule has 0 aliphatic rings. The Morgan fingerprint density at radius 3 is 1.83 bits per heavy atom. The summed E-state index contributed by atoms with van der Waals surface area (Å²) >= 11 is 0. The van der Waals surface area contributed by atoms with Crippen LogP contribution in [0.15, 0.2) is 109 Å². The highest BCUT2D eigenvalue weighted by atomic mass is 19.1. The lowest BCUT2D eigenvalue weighted by Gasteiger charge is -2.10. The summed E-state index contributed by atoms with van der Waals surface area (Å²) in [5.74, 6) is -1.15. The maximum Gasteiger partial charge on any atom is 0.335 e. The number of carboxylic acid groups (broad SMARTS) is 1. The molecule has 4 aromatic carbocycles. The van der Waals surface area contributed by atoms with Gasteiger partial charge in [0.2, 0.25) is 0 Å². The minimum Gasteiger partial charge on any atom is -0.478 e. The predicted octanol–water partition coefficient (Wildman–Crippen LogP) is 7.20. The number of fused-ring (bicyclic) bond motifs is 2. The summed E-state index contributed by atoms with van der Waals surface area (Å²) in [7, 11) is 0. The van der Waals surface area contributed by atoms with Crippen molar-refractivity contribution < 1.29 is 14.3 Å². The Hall–Kier alpha value is -4.64. The van der Waals surface area contributed by atoms with Gasteiger partial charge < -0.3 is 14.2 Å². The van der Waals surface area contributed by atoms with Crippen molar-refractivity contribution in [2.24, 2.45) is 0 Å². The molecule has 6 rings (SSSR count). The van der Waals surface area contributed by atoms with Gasteiger partial charge in [-0.25, -0.2) is 9.18 Å². The van der Waals surface area contributed by atoms with E-state index in [1.807, 2.05) is 24.4 Å². The first kappa shape index (κ1) is 21.9. The zero-order valence-electron chi connectivity index (χ0n) is 19.4. The second-order valence-electron chi connectivity index (χ2n) is 9.07. The number of nitrogens with zero attached hydrogens (tertiary/aromatic N) is 2. The SMILES string of the molecule is O=C(O)c1cccc(Cn2ccc3ccc(-c4ccc5ccn(Cc6ccc(F)cc6)c5c4)cc32)c1. The summed E-state index contributed by atoms with van der Waals surface area (Å²) in [4.78, 5) is 11.4. The molecule has 1 N–H and O–H groups in total. The Bertz CT molecular complexity index is 1730. The van der Waals surface area contributed by atoms with Gasteiger partial charge in [-0.15, -0.1) is 0 Å². The summed E-state index contributed by atoms with van der Waals surface area (Å²) in [5.41, 5.74) is 6.72. The molecule has 0 aliphatic heterocycles. The van der Waals surface area contributed by atoms with Crippen LogP contribution in [0.2, 0.25) is 0 Å². The number of aromatic carboxylic acids is 1. The molecule has 0 amide bonds. The van der Waals surface area contributed by atoms with Crippen LogP contribution in [0.25, 0.3) is 32.9 Å². The van der Waals surface area contributed by atoms with E-state index in [-0.39, 0.29) is 5.82 Å². The maximum absolute atomic E-state index is 13.3. The highest BCUT2D eigenvalue weighted by Crippen LogP contribution is 2.29. The van der Waals surface area contributed by atoms with Gasteiger partial charge in [0.25, 0.3) is 0 Å². The first-order valence-corrected chi connectivity index (χ1v) is 11.8. The molecular weight excluding hydrogens is 451 g/mol. The van der Waals surface area contributed by atoms with Crippen LogP contribution >= 0.6 is 0 Å². The number of aromatic nitrogens is 2. The molecule has 5 heteroatoms. The molecule has 176 valence electrons. The normalized spacial score (nSPS) is 11.4. The van der Waals surface area contributed by atoms with Crippen LogP contribution in [0.5, 0.6) is 0 Å². The van der Waals surface area contributed by atoms with Crippen LogP contribution in [0.3, 0.4) is 0 Å². The van der Waals surface area contributed by atoms with Crippen LogP contribution in [-0.2, 0) is 13.1 Å². The van der Waals surface area contributed by atoms with E-state index in [1.54, 1.807) is 18.2 Å². The van der Waals surface area contributed by atoms with Gasteiger partial charge in [-0.2, -0.15) is 0 Å². The van der Waals surface area contributed by atoms with Gasteiger partial charge in [0.1, 0.15) is 5.82 Å². The second-order valence-corrected chi connectivity index (χ2v) is 9.07. The molecule has 2 heterocycles. The molecule has 4 nitrogen and oxygen atoms in total. The smallest absolute Gasteiger partial charge is 0.335 e. The zero-order valence-corrected chi connectivity index (χ0v) is 19.4. The van der Waals surface area contributed by atoms with Crippen molar-refractivity contribution in [1.29, 1.82) is 0 Å². The molecule has 0 aliphatic carbocycles. The van der Waals surface area contributed by atoms with Crippen molar-refractivity contribution in [1.82, 2.24) is 9.13 Å². The van der Waals surface area contributed by atoms with Crippen molar-refractivity contribution >= 4 is 27.8 Å². The molecule has 0 radical (unpaired) electrons. The Balaban J connectivity index is 1.34. The van der Waals surface area contributed by atoms with E-state index >= 15 is 0 Å². The summed E-state index contributed by atoms with van der Waals surface area (Å²) in [5, 5.41) is 11.6. The Morgan fingerprint density at radius 1 is 0.667 bits per heavy atom. The van der Waals surface area contributed by atoms with Gasteiger partial charge in [-0.05, 0) is 81.6 Å². The van der Waals surface area contributed by atoms with Gasteiger partial charge in [0.05, 0.1) is 5.56 Å². The molecule has 0 fully saturated rings. The Labute approximate surface area is 207 Å². The molecule has 0 saturated carbocycles. The van der Waals surface area contributed by atoms with Gasteiger partial charge in [0.15, 0.2) is 0 Å². The van der Waals surface area contributed by atoms with Crippen LogP contribution in [-0.4, -0.2) is 20.2 Å². The third-order valence-corrected chi connectivity index (χ3v) is 6.67. The molecular formula is C31H23FN2O2. The number of hydrogen-bond acceptors (Lipinski definition) is 1. The largest absolute Gasteiger partial charge is 0.478 e. The highest BCUT2D eigenvalue weighted by Gasteiger charge is 2.09. The number of hydrogen-bond donors (Lipinski definition) is 1. The number of benzene rings is 4. The molecule has 0 unspecified atom stereocenters. The van der Waals surface area contributed by atoms with E-state index in [0.29, 0.717) is 18.7 Å². The van der Waals surface area contributed by atoms with Crippen LogP contribution in [0.4, 0.5) is 4.39 Å². The third-order valence-electron chi connectivity index (χ3n) is 6.67. The molecule has 0 atom stereocenters. The summed E-state index contributed by atoms with van der Waals surface area (Å²) in [6.07, 6.45) is 4.11. The van der Waals surface area contributed by atoms with Crippen molar-refractivity contribution in [3.05, 3.63) is 132 Å². The van der Waals surface area contributed by atoms with Gasteiger partial charge >= 0.3 is 5.97 Å². The van der Waals surface area contributed by atoms with Crippen molar-refractivity contribution in [3.8, 4) is 11.1 Å². The van der Waals surface area contributed by atoms with Gasteiger partial charge in [0, 0.05) is 36.5 Å². The third kappa shape index (κ3) is 4.16. The van der Waals surface area contributed by atoms with Crippen LogP contribution in [0, 0.1) is 5.82 Å². The highest BCUT2D eigenvalue weighted by molar-refractivity contribution is 5.90. The summed E-state index contributed by atoms with van der Waals surface area (Å²) in [6.45, 7) is 1.26. The number of carbonyl (C=O) groups is 1. The molecule has 2 aromatic heterocycles. The molecule has 0 saturated heterocycles. The number of halogens is 1. The lowest BCUT2D eigenvalue weighted by Crippen LogP contribution is -2.01. The molecule has 6 aromatic rings. The van der Waals surface area contributed by atoms with Crippen molar-refractivity contribution in [3.63, 3.8) is 0 Å². The fourth-order valence-electron chi connectivity index (χ4n) is 4.79. The minimum absolute atomic E-state index is 0.229. The minimum atomic E-state index is -0.920. The first-order valence-electron chi connectivity index (χ1n) is 11.8. The fourth-order valence-corrected chi connectivity index (χ4v) is 4.79. The Morgan fingerprint density at radius 2 is 1.25 bits per heavy atom. The Kier molecular flexibility index (Phi) is 5.38. The van der Waals surface area contributed by atoms with Gasteiger partial charge in [-0.3, -0.25) is 0 Å². The fraction of sp³-hybridized carbons (Fsp3) is 0.0645. The average Bonchev–Trinajstić information content (AvgIpc) is 3.49. The summed E-state index contributed by atoms with van der Waals surface area (Å²) in [6, 6.07) is 30.8. The van der Waals surface area contributed by atoms with Crippen LogP contribution in [0.1, 0.15) is 21.5 Å². The van der Waals surface area contributed by atoms with E-state index in [4.69, 9.17) is 0 Å². The van der Waals surface area contributed by atoms with E-state index < -0.39 is 5.97 Å². The number of carboxylic acids is 1. The van der Waals surface area contributed by atoms with Crippen LogP contribution < -0.4 is 0 Å². The van der Waals surface area contributed by atoms with E-state index in [1.165, 1.54) is 12.1 Å². The lowest BCUT2D eigenvalue weighted by molar-refractivity contribution is 0.0696. The monoisotopic (exact) mass is 474 g/mol. The summed E-state index contributed by atoms with van der Waals surface area (Å²) < 4.78 is 17.6. The zero-order chi connectivity index (χ0) is 24.6. The predicted molar refractivity (Wildman–Crippen MR) is 141 cm³/mol. The number of rotatable bonds is 6.